The third kappa shape index (κ3) is 3.35. The number of ether oxygens (including phenoxy) is 1. The Kier molecular flexibility index (Phi) is 4.62. The summed E-state index contributed by atoms with van der Waals surface area (Å²) in [5.74, 6) is 1.92. The molecule has 0 bridgehead atoms. The van der Waals surface area contributed by atoms with Gasteiger partial charge in [0.05, 0.1) is 7.11 Å². The first-order chi connectivity index (χ1) is 9.85. The maximum absolute atomic E-state index is 5.35. The highest BCUT2D eigenvalue weighted by atomic mass is 16.5. The molecule has 1 fully saturated rings. The molecule has 2 heteroatoms. The zero-order valence-corrected chi connectivity index (χ0v) is 12.7. The average molecular weight is 273 g/mol. The molecule has 0 saturated heterocycles. The van der Waals surface area contributed by atoms with E-state index in [-0.39, 0.29) is 0 Å². The Labute approximate surface area is 122 Å². The molecular formula is C18H27NO. The van der Waals surface area contributed by atoms with Crippen molar-refractivity contribution in [2.24, 2.45) is 5.92 Å². The van der Waals surface area contributed by atoms with Crippen LogP contribution in [0.4, 0.5) is 0 Å². The number of methoxy groups -OCH3 is 1. The highest BCUT2D eigenvalue weighted by Gasteiger charge is 2.20. The van der Waals surface area contributed by atoms with Gasteiger partial charge in [0.1, 0.15) is 5.75 Å². The van der Waals surface area contributed by atoms with E-state index in [0.29, 0.717) is 6.04 Å². The van der Waals surface area contributed by atoms with Crippen molar-refractivity contribution in [1.82, 2.24) is 5.32 Å². The van der Waals surface area contributed by atoms with Crippen LogP contribution in [0.3, 0.4) is 0 Å². The van der Waals surface area contributed by atoms with E-state index < -0.39 is 0 Å². The van der Waals surface area contributed by atoms with Gasteiger partial charge in [-0.3, -0.25) is 0 Å². The summed E-state index contributed by atoms with van der Waals surface area (Å²) in [6.45, 7) is 1.23. The molecule has 2 aliphatic carbocycles. The van der Waals surface area contributed by atoms with Gasteiger partial charge in [0.2, 0.25) is 0 Å². The maximum Gasteiger partial charge on any atom is 0.119 e. The van der Waals surface area contributed by atoms with Gasteiger partial charge in [-0.25, -0.2) is 0 Å². The summed E-state index contributed by atoms with van der Waals surface area (Å²) in [5, 5.41) is 3.83. The maximum atomic E-state index is 5.35. The standard InChI is InChI=1S/C18H27NO/c1-20-18-10-8-15-7-9-17(11-16(15)12-18)19-13-14-5-3-2-4-6-14/h8,10,12,14,17,19H,2-7,9,11,13H2,1H3. The summed E-state index contributed by atoms with van der Waals surface area (Å²) in [5.41, 5.74) is 3.00. The molecule has 0 radical (unpaired) electrons. The first-order valence-corrected chi connectivity index (χ1v) is 8.24. The molecule has 1 aromatic carbocycles. The first kappa shape index (κ1) is 13.9. The van der Waals surface area contributed by atoms with Crippen LogP contribution in [0.1, 0.15) is 49.7 Å². The quantitative estimate of drug-likeness (QED) is 0.902. The molecule has 1 saturated carbocycles. The SMILES string of the molecule is COc1ccc2c(c1)CC(NCC1CCCCC1)CC2. The number of fused-ring (bicyclic) bond motifs is 1. The Morgan fingerprint density at radius 1 is 1.10 bits per heavy atom. The van der Waals surface area contributed by atoms with Crippen molar-refractivity contribution in [2.45, 2.75) is 57.4 Å². The van der Waals surface area contributed by atoms with E-state index in [1.165, 1.54) is 69.0 Å². The van der Waals surface area contributed by atoms with Crippen LogP contribution >= 0.6 is 0 Å². The molecule has 20 heavy (non-hydrogen) atoms. The van der Waals surface area contributed by atoms with Gasteiger partial charge >= 0.3 is 0 Å². The zero-order chi connectivity index (χ0) is 13.8. The van der Waals surface area contributed by atoms with Crippen molar-refractivity contribution in [3.8, 4) is 5.75 Å². The number of rotatable bonds is 4. The lowest BCUT2D eigenvalue weighted by Crippen LogP contribution is -2.38. The van der Waals surface area contributed by atoms with E-state index in [1.54, 1.807) is 7.11 Å². The number of hydrogen-bond donors (Lipinski definition) is 1. The fourth-order valence-corrected chi connectivity index (χ4v) is 3.76. The zero-order valence-electron chi connectivity index (χ0n) is 12.7. The van der Waals surface area contributed by atoms with E-state index in [9.17, 15) is 0 Å². The van der Waals surface area contributed by atoms with Crippen molar-refractivity contribution in [3.05, 3.63) is 29.3 Å². The summed E-state index contributed by atoms with van der Waals surface area (Å²) < 4.78 is 5.35. The van der Waals surface area contributed by atoms with Gasteiger partial charge in [-0.05, 0) is 67.8 Å². The molecule has 1 aromatic rings. The summed E-state index contributed by atoms with van der Waals surface area (Å²) in [7, 11) is 1.75. The van der Waals surface area contributed by atoms with Crippen molar-refractivity contribution < 1.29 is 4.74 Å². The van der Waals surface area contributed by atoms with Crippen LogP contribution in [-0.4, -0.2) is 19.7 Å². The van der Waals surface area contributed by atoms with Gasteiger partial charge in [-0.1, -0.05) is 25.3 Å². The van der Waals surface area contributed by atoms with Gasteiger partial charge in [0.15, 0.2) is 0 Å². The molecule has 110 valence electrons. The lowest BCUT2D eigenvalue weighted by atomic mass is 9.86. The van der Waals surface area contributed by atoms with Crippen LogP contribution in [0.25, 0.3) is 0 Å². The molecule has 1 N–H and O–H groups in total. The largest absolute Gasteiger partial charge is 0.497 e. The number of nitrogens with one attached hydrogen (secondary N) is 1. The van der Waals surface area contributed by atoms with E-state index in [4.69, 9.17) is 4.74 Å². The van der Waals surface area contributed by atoms with Crippen molar-refractivity contribution in [3.63, 3.8) is 0 Å². The number of hydrogen-bond acceptors (Lipinski definition) is 2. The summed E-state index contributed by atoms with van der Waals surface area (Å²) in [4.78, 5) is 0. The van der Waals surface area contributed by atoms with Gasteiger partial charge in [0, 0.05) is 6.04 Å². The predicted molar refractivity (Wildman–Crippen MR) is 83.4 cm³/mol. The smallest absolute Gasteiger partial charge is 0.119 e. The van der Waals surface area contributed by atoms with Crippen molar-refractivity contribution in [2.75, 3.05) is 13.7 Å². The molecule has 0 heterocycles. The fourth-order valence-electron chi connectivity index (χ4n) is 3.76. The molecule has 1 unspecified atom stereocenters. The molecule has 0 amide bonds. The van der Waals surface area contributed by atoms with Gasteiger partial charge in [0.25, 0.3) is 0 Å². The van der Waals surface area contributed by atoms with Gasteiger partial charge < -0.3 is 10.1 Å². The van der Waals surface area contributed by atoms with Crippen LogP contribution in [0.5, 0.6) is 5.75 Å². The first-order valence-electron chi connectivity index (χ1n) is 8.24. The molecular weight excluding hydrogens is 246 g/mol. The lowest BCUT2D eigenvalue weighted by molar-refractivity contribution is 0.318. The molecule has 0 aliphatic heterocycles. The van der Waals surface area contributed by atoms with Crippen LogP contribution < -0.4 is 10.1 Å². The molecule has 2 aliphatic rings. The Morgan fingerprint density at radius 2 is 1.95 bits per heavy atom. The normalized spacial score (nSPS) is 23.4. The summed E-state index contributed by atoms with van der Waals surface area (Å²) in [6.07, 6.45) is 10.9. The Balaban J connectivity index is 1.54. The van der Waals surface area contributed by atoms with E-state index in [1.807, 2.05) is 0 Å². The third-order valence-corrected chi connectivity index (χ3v) is 5.06. The topological polar surface area (TPSA) is 21.3 Å². The van der Waals surface area contributed by atoms with E-state index in [2.05, 4.69) is 23.5 Å². The lowest BCUT2D eigenvalue weighted by Gasteiger charge is -2.29. The highest BCUT2D eigenvalue weighted by molar-refractivity contribution is 5.37. The minimum absolute atomic E-state index is 0.663. The Bertz CT molecular complexity index is 437. The molecule has 3 rings (SSSR count). The van der Waals surface area contributed by atoms with Gasteiger partial charge in [-0.15, -0.1) is 0 Å². The molecule has 1 atom stereocenters. The number of aryl methyl sites for hydroxylation is 1. The molecule has 2 nitrogen and oxygen atoms in total. The summed E-state index contributed by atoms with van der Waals surface area (Å²) in [6, 6.07) is 7.22. The predicted octanol–water partition coefficient (Wildman–Crippen LogP) is 3.72. The van der Waals surface area contributed by atoms with Gasteiger partial charge in [-0.2, -0.15) is 0 Å². The second-order valence-electron chi connectivity index (χ2n) is 6.49. The Hall–Kier alpha value is -1.02. The van der Waals surface area contributed by atoms with E-state index >= 15 is 0 Å². The summed E-state index contributed by atoms with van der Waals surface area (Å²) >= 11 is 0. The highest BCUT2D eigenvalue weighted by Crippen LogP contribution is 2.27. The van der Waals surface area contributed by atoms with Crippen LogP contribution in [0.2, 0.25) is 0 Å². The third-order valence-electron chi connectivity index (χ3n) is 5.06. The van der Waals surface area contributed by atoms with Crippen LogP contribution in [0.15, 0.2) is 18.2 Å². The van der Waals surface area contributed by atoms with Crippen LogP contribution in [-0.2, 0) is 12.8 Å². The molecule has 0 spiro atoms. The van der Waals surface area contributed by atoms with Crippen molar-refractivity contribution in [1.29, 1.82) is 0 Å². The number of benzene rings is 1. The molecule has 0 aromatic heterocycles. The fraction of sp³-hybridized carbons (Fsp3) is 0.667. The minimum atomic E-state index is 0.663. The average Bonchev–Trinajstić information content (AvgIpc) is 2.53. The van der Waals surface area contributed by atoms with Crippen LogP contribution in [0, 0.1) is 5.92 Å². The second kappa shape index (κ2) is 6.62. The Morgan fingerprint density at radius 3 is 2.75 bits per heavy atom. The monoisotopic (exact) mass is 273 g/mol. The van der Waals surface area contributed by atoms with E-state index in [0.717, 1.165) is 11.7 Å². The second-order valence-corrected chi connectivity index (χ2v) is 6.49. The minimum Gasteiger partial charge on any atom is -0.497 e. The van der Waals surface area contributed by atoms with Crippen molar-refractivity contribution >= 4 is 0 Å².